The smallest absolute Gasteiger partial charge is 0.204 e. The van der Waals surface area contributed by atoms with Gasteiger partial charge in [-0.05, 0) is 12.1 Å². The number of imidazole rings is 1. The normalized spacial score (nSPS) is 10.4. The number of para-hydroxylation sites is 1. The van der Waals surface area contributed by atoms with Crippen molar-refractivity contribution in [2.75, 3.05) is 24.3 Å². The second-order valence-corrected chi connectivity index (χ2v) is 4.34. The van der Waals surface area contributed by atoms with Crippen LogP contribution in [0.5, 0.6) is 0 Å². The van der Waals surface area contributed by atoms with Gasteiger partial charge < -0.3 is 14.8 Å². The van der Waals surface area contributed by atoms with Crippen molar-refractivity contribution in [3.8, 4) is 0 Å². The Kier molecular flexibility index (Phi) is 3.50. The minimum Gasteiger partial charge on any atom is -0.377 e. The van der Waals surface area contributed by atoms with Gasteiger partial charge in [-0.25, -0.2) is 9.37 Å². The molecule has 0 unspecified atom stereocenters. The molecule has 0 saturated heterocycles. The highest BCUT2D eigenvalue weighted by atomic mass is 19.1. The van der Waals surface area contributed by atoms with Crippen molar-refractivity contribution in [2.45, 2.75) is 6.54 Å². The van der Waals surface area contributed by atoms with E-state index < -0.39 is 0 Å². The van der Waals surface area contributed by atoms with Crippen molar-refractivity contribution in [1.29, 1.82) is 0 Å². The Bertz CT molecular complexity index is 534. The molecule has 0 bridgehead atoms. The lowest BCUT2D eigenvalue weighted by Crippen LogP contribution is -2.15. The van der Waals surface area contributed by atoms with E-state index in [1.807, 2.05) is 30.6 Å². The molecule has 0 aliphatic heterocycles. The number of aromatic nitrogens is 2. The Balaban J connectivity index is 2.09. The predicted octanol–water partition coefficient (Wildman–Crippen LogP) is 2.24. The summed E-state index contributed by atoms with van der Waals surface area (Å²) in [5.41, 5.74) is 1.51. The summed E-state index contributed by atoms with van der Waals surface area (Å²) in [5, 5.41) is 3.07. The summed E-state index contributed by atoms with van der Waals surface area (Å²) < 4.78 is 15.4. The van der Waals surface area contributed by atoms with Gasteiger partial charge in [0.2, 0.25) is 5.95 Å². The first kappa shape index (κ1) is 12.4. The molecule has 96 valence electrons. The van der Waals surface area contributed by atoms with Gasteiger partial charge in [-0.1, -0.05) is 12.1 Å². The first-order valence-corrected chi connectivity index (χ1v) is 5.76. The Morgan fingerprint density at radius 1 is 1.33 bits per heavy atom. The molecule has 18 heavy (non-hydrogen) atoms. The van der Waals surface area contributed by atoms with Crippen LogP contribution < -0.4 is 10.2 Å². The van der Waals surface area contributed by atoms with Gasteiger partial charge in [0, 0.05) is 21.1 Å². The van der Waals surface area contributed by atoms with E-state index in [1.54, 1.807) is 24.4 Å². The number of benzene rings is 1. The molecule has 0 amide bonds. The predicted molar refractivity (Wildman–Crippen MR) is 71.3 cm³/mol. The average molecular weight is 248 g/mol. The van der Waals surface area contributed by atoms with E-state index in [1.165, 1.54) is 6.07 Å². The van der Waals surface area contributed by atoms with E-state index in [0.29, 0.717) is 12.2 Å². The van der Waals surface area contributed by atoms with Crippen LogP contribution in [0.3, 0.4) is 0 Å². The molecule has 1 heterocycles. The standard InChI is InChI=1S/C13H17FN4/c1-17(2)13-16-9-10(18(13)3)8-15-12-7-5-4-6-11(12)14/h4-7,9,15H,8H2,1-3H3. The molecule has 5 heteroatoms. The van der Waals surface area contributed by atoms with Crippen LogP contribution in [0.1, 0.15) is 5.69 Å². The molecule has 2 rings (SSSR count). The monoisotopic (exact) mass is 248 g/mol. The molecule has 0 atom stereocenters. The summed E-state index contributed by atoms with van der Waals surface area (Å²) in [4.78, 5) is 6.24. The zero-order valence-electron chi connectivity index (χ0n) is 10.8. The number of anilines is 2. The van der Waals surface area contributed by atoms with E-state index in [2.05, 4.69) is 10.3 Å². The molecule has 2 aromatic rings. The lowest BCUT2D eigenvalue weighted by Gasteiger charge is -2.13. The van der Waals surface area contributed by atoms with Crippen molar-refractivity contribution in [3.63, 3.8) is 0 Å². The Morgan fingerprint density at radius 3 is 2.67 bits per heavy atom. The number of hydrogen-bond acceptors (Lipinski definition) is 3. The fraction of sp³-hybridized carbons (Fsp3) is 0.308. The van der Waals surface area contributed by atoms with Crippen LogP contribution in [-0.2, 0) is 13.6 Å². The van der Waals surface area contributed by atoms with Crippen molar-refractivity contribution in [2.24, 2.45) is 7.05 Å². The molecule has 0 aliphatic carbocycles. The van der Waals surface area contributed by atoms with Crippen molar-refractivity contribution in [1.82, 2.24) is 9.55 Å². The lowest BCUT2D eigenvalue weighted by molar-refractivity contribution is 0.629. The summed E-state index contributed by atoms with van der Waals surface area (Å²) in [7, 11) is 5.83. The molecule has 0 spiro atoms. The quantitative estimate of drug-likeness (QED) is 0.900. The topological polar surface area (TPSA) is 33.1 Å². The highest BCUT2D eigenvalue weighted by Crippen LogP contribution is 2.15. The van der Waals surface area contributed by atoms with Crippen molar-refractivity contribution in [3.05, 3.63) is 42.0 Å². The molecular formula is C13H17FN4. The first-order chi connectivity index (χ1) is 8.59. The maximum Gasteiger partial charge on any atom is 0.204 e. The number of hydrogen-bond donors (Lipinski definition) is 1. The zero-order chi connectivity index (χ0) is 13.1. The van der Waals surface area contributed by atoms with Gasteiger partial charge >= 0.3 is 0 Å². The van der Waals surface area contributed by atoms with E-state index in [-0.39, 0.29) is 5.82 Å². The van der Waals surface area contributed by atoms with Crippen LogP contribution in [0.25, 0.3) is 0 Å². The molecule has 0 fully saturated rings. The summed E-state index contributed by atoms with van der Waals surface area (Å²) in [6, 6.07) is 6.64. The summed E-state index contributed by atoms with van der Waals surface area (Å²) >= 11 is 0. The second-order valence-electron chi connectivity index (χ2n) is 4.34. The van der Waals surface area contributed by atoms with Crippen LogP contribution in [-0.4, -0.2) is 23.6 Å². The van der Waals surface area contributed by atoms with Crippen LogP contribution >= 0.6 is 0 Å². The molecule has 1 aromatic carbocycles. The largest absolute Gasteiger partial charge is 0.377 e. The van der Waals surface area contributed by atoms with Gasteiger partial charge in [0.15, 0.2) is 0 Å². The van der Waals surface area contributed by atoms with Gasteiger partial charge in [-0.15, -0.1) is 0 Å². The Morgan fingerprint density at radius 2 is 2.06 bits per heavy atom. The minimum absolute atomic E-state index is 0.243. The van der Waals surface area contributed by atoms with Crippen LogP contribution in [0.4, 0.5) is 16.0 Å². The minimum atomic E-state index is -0.243. The maximum atomic E-state index is 13.4. The Hall–Kier alpha value is -2.04. The third-order valence-corrected chi connectivity index (χ3v) is 2.79. The summed E-state index contributed by atoms with van der Waals surface area (Å²) in [5.74, 6) is 0.632. The maximum absolute atomic E-state index is 13.4. The van der Waals surface area contributed by atoms with Crippen LogP contribution in [0.15, 0.2) is 30.5 Å². The van der Waals surface area contributed by atoms with Gasteiger partial charge in [0.1, 0.15) is 5.82 Å². The van der Waals surface area contributed by atoms with Gasteiger partial charge in [0.25, 0.3) is 0 Å². The summed E-state index contributed by atoms with van der Waals surface area (Å²) in [6.07, 6.45) is 1.79. The van der Waals surface area contributed by atoms with E-state index in [9.17, 15) is 4.39 Å². The second kappa shape index (κ2) is 5.08. The zero-order valence-corrected chi connectivity index (χ0v) is 10.8. The summed E-state index contributed by atoms with van der Waals surface area (Å²) in [6.45, 7) is 0.540. The highest BCUT2D eigenvalue weighted by molar-refractivity contribution is 5.45. The molecule has 0 saturated carbocycles. The number of rotatable bonds is 4. The highest BCUT2D eigenvalue weighted by Gasteiger charge is 2.08. The fourth-order valence-corrected chi connectivity index (χ4v) is 1.80. The average Bonchev–Trinajstić information content (AvgIpc) is 2.70. The molecule has 1 aromatic heterocycles. The van der Waals surface area contributed by atoms with Gasteiger partial charge in [-0.2, -0.15) is 0 Å². The van der Waals surface area contributed by atoms with Crippen molar-refractivity contribution < 1.29 is 4.39 Å². The fourth-order valence-electron chi connectivity index (χ4n) is 1.80. The number of nitrogens with one attached hydrogen (secondary N) is 1. The van der Waals surface area contributed by atoms with E-state index in [0.717, 1.165) is 11.6 Å². The molecule has 0 aliphatic rings. The molecule has 4 nitrogen and oxygen atoms in total. The van der Waals surface area contributed by atoms with E-state index in [4.69, 9.17) is 0 Å². The third kappa shape index (κ3) is 2.45. The third-order valence-electron chi connectivity index (χ3n) is 2.79. The molecular weight excluding hydrogens is 231 g/mol. The number of halogens is 1. The van der Waals surface area contributed by atoms with Crippen molar-refractivity contribution >= 4 is 11.6 Å². The SMILES string of the molecule is CN(C)c1ncc(CNc2ccccc2F)n1C. The Labute approximate surface area is 106 Å². The van der Waals surface area contributed by atoms with Gasteiger partial charge in [-0.3, -0.25) is 0 Å². The van der Waals surface area contributed by atoms with Crippen LogP contribution in [0.2, 0.25) is 0 Å². The van der Waals surface area contributed by atoms with Gasteiger partial charge in [0.05, 0.1) is 24.1 Å². The van der Waals surface area contributed by atoms with E-state index >= 15 is 0 Å². The van der Waals surface area contributed by atoms with Crippen LogP contribution in [0, 0.1) is 5.82 Å². The number of nitrogens with zero attached hydrogens (tertiary/aromatic N) is 3. The molecule has 0 radical (unpaired) electrons. The first-order valence-electron chi connectivity index (χ1n) is 5.76. The lowest BCUT2D eigenvalue weighted by atomic mass is 10.3. The molecule has 1 N–H and O–H groups in total.